The van der Waals surface area contributed by atoms with Crippen molar-refractivity contribution in [2.45, 2.75) is 96.9 Å². The molecule has 0 aromatic heterocycles. The smallest absolute Gasteiger partial charge is 0.332 e. The molecule has 4 fully saturated rings. The molecule has 4 aliphatic carbocycles. The summed E-state index contributed by atoms with van der Waals surface area (Å²) < 4.78 is 0. The zero-order valence-corrected chi connectivity index (χ0v) is 18.3. The second kappa shape index (κ2) is 7.49. The lowest BCUT2D eigenvalue weighted by Crippen LogP contribution is -2.58. The van der Waals surface area contributed by atoms with Gasteiger partial charge in [0.15, 0.2) is 6.10 Å². The van der Waals surface area contributed by atoms with Crippen LogP contribution < -0.4 is 0 Å². The van der Waals surface area contributed by atoms with Crippen molar-refractivity contribution in [3.8, 4) is 0 Å². The minimum atomic E-state index is -1.28. The number of carbonyl (C=O) groups is 1. The van der Waals surface area contributed by atoms with Gasteiger partial charge in [-0.05, 0) is 104 Å². The van der Waals surface area contributed by atoms with Crippen LogP contribution in [0.4, 0.5) is 0 Å². The summed E-state index contributed by atoms with van der Waals surface area (Å²) in [4.78, 5) is 11.1. The van der Waals surface area contributed by atoms with E-state index in [0.29, 0.717) is 36.0 Å². The quantitative estimate of drug-likeness (QED) is 0.571. The van der Waals surface area contributed by atoms with Crippen LogP contribution in [0.15, 0.2) is 0 Å². The number of hydrogen-bond donors (Lipinski definition) is 4. The molecule has 4 N–H and O–H groups in total. The Hall–Kier alpha value is -0.650. The van der Waals surface area contributed by atoms with Gasteiger partial charge in [0.25, 0.3) is 0 Å². The maximum absolute atomic E-state index is 11.2. The van der Waals surface area contributed by atoms with Gasteiger partial charge in [0.1, 0.15) is 0 Å². The van der Waals surface area contributed by atoms with E-state index in [1.165, 1.54) is 0 Å². The van der Waals surface area contributed by atoms with Gasteiger partial charge < -0.3 is 20.4 Å². The van der Waals surface area contributed by atoms with Crippen molar-refractivity contribution in [2.24, 2.45) is 46.3 Å². The van der Waals surface area contributed by atoms with Crippen molar-refractivity contribution in [2.75, 3.05) is 0 Å². The summed E-state index contributed by atoms with van der Waals surface area (Å²) in [5.41, 5.74) is 0.352. The van der Waals surface area contributed by atoms with Crippen molar-refractivity contribution in [1.82, 2.24) is 0 Å². The fourth-order valence-corrected chi connectivity index (χ4v) is 8.79. The van der Waals surface area contributed by atoms with Crippen LogP contribution in [0.3, 0.4) is 0 Å². The van der Waals surface area contributed by atoms with E-state index in [1.807, 2.05) is 0 Å². The fourth-order valence-electron chi connectivity index (χ4n) is 8.79. The topological polar surface area (TPSA) is 98.0 Å². The zero-order chi connectivity index (χ0) is 21.1. The molecule has 0 spiro atoms. The molecule has 0 aliphatic heterocycles. The molecule has 0 unspecified atom stereocenters. The summed E-state index contributed by atoms with van der Waals surface area (Å²) in [6, 6.07) is 0. The Bertz CT molecular complexity index is 637. The molecule has 29 heavy (non-hydrogen) atoms. The molecule has 5 heteroatoms. The third-order valence-corrected chi connectivity index (χ3v) is 10.3. The number of fused-ring (bicyclic) bond motifs is 5. The van der Waals surface area contributed by atoms with E-state index in [-0.39, 0.29) is 29.0 Å². The summed E-state index contributed by atoms with van der Waals surface area (Å²) in [7, 11) is 0. The number of carboxylic acid groups (broad SMARTS) is 1. The molecule has 0 heterocycles. The highest BCUT2D eigenvalue weighted by Gasteiger charge is 2.62. The van der Waals surface area contributed by atoms with Crippen molar-refractivity contribution >= 4 is 5.97 Å². The second-order valence-corrected chi connectivity index (χ2v) is 11.5. The summed E-state index contributed by atoms with van der Waals surface area (Å²) in [5, 5.41) is 40.5. The highest BCUT2D eigenvalue weighted by molar-refractivity contribution is 5.71. The van der Waals surface area contributed by atoms with Gasteiger partial charge >= 0.3 is 5.97 Å². The number of aliphatic carboxylic acids is 1. The molecule has 0 radical (unpaired) electrons. The summed E-state index contributed by atoms with van der Waals surface area (Å²) in [6.07, 6.45) is 6.60. The molecule has 0 bridgehead atoms. The molecule has 4 aliphatic rings. The first-order valence-corrected chi connectivity index (χ1v) is 11.8. The van der Waals surface area contributed by atoms with Crippen LogP contribution in [0.2, 0.25) is 0 Å². The average Bonchev–Trinajstić information content (AvgIpc) is 3.00. The Morgan fingerprint density at radius 3 is 2.34 bits per heavy atom. The number of aliphatic hydroxyl groups excluding tert-OH is 3. The van der Waals surface area contributed by atoms with E-state index in [2.05, 4.69) is 20.8 Å². The first kappa shape index (κ1) is 21.6. The molecular weight excluding hydrogens is 368 g/mol. The van der Waals surface area contributed by atoms with E-state index in [1.54, 1.807) is 0 Å². The lowest BCUT2D eigenvalue weighted by atomic mass is 9.43. The molecule has 166 valence electrons. The summed E-state index contributed by atoms with van der Waals surface area (Å²) >= 11 is 0. The third-order valence-electron chi connectivity index (χ3n) is 10.3. The lowest BCUT2D eigenvalue weighted by molar-refractivity contribution is -0.174. The van der Waals surface area contributed by atoms with Gasteiger partial charge in [-0.25, -0.2) is 4.79 Å². The van der Waals surface area contributed by atoms with E-state index in [0.717, 1.165) is 51.4 Å². The standard InChI is InChI=1S/C24H40O5/c1-13(10-20(27)22(28)29)16-4-5-17-21-18(7-9-24(16,17)3)23(2)8-6-15(25)11-14(23)12-19(21)26/h13-21,25-27H,4-12H2,1-3H3,(H,28,29)/t13-,14+,15-,16-,17+,18+,19-,20-,21+,23+,24-/m1/s1. The highest BCUT2D eigenvalue weighted by Crippen LogP contribution is 2.68. The van der Waals surface area contributed by atoms with Gasteiger partial charge in [0, 0.05) is 0 Å². The Morgan fingerprint density at radius 1 is 1.00 bits per heavy atom. The van der Waals surface area contributed by atoms with Crippen molar-refractivity contribution in [3.63, 3.8) is 0 Å². The molecule has 5 nitrogen and oxygen atoms in total. The van der Waals surface area contributed by atoms with E-state index >= 15 is 0 Å². The zero-order valence-electron chi connectivity index (χ0n) is 18.3. The average molecular weight is 409 g/mol. The Kier molecular flexibility index (Phi) is 5.57. The SMILES string of the molecule is C[C@H](C[C@@H](O)C(=O)O)[C@H]1CC[C@H]2[C@@H]3[C@H](O)C[C@@H]4C[C@H](O)CC[C@]4(C)[C@H]3CC[C@]12C. The minimum Gasteiger partial charge on any atom is -0.479 e. The van der Waals surface area contributed by atoms with Gasteiger partial charge in [0.2, 0.25) is 0 Å². The van der Waals surface area contributed by atoms with Crippen molar-refractivity contribution in [3.05, 3.63) is 0 Å². The Labute approximate surface area is 174 Å². The molecule has 0 aromatic rings. The number of carboxylic acids is 1. The normalized spacial score (nSPS) is 51.4. The Balaban J connectivity index is 1.56. The monoisotopic (exact) mass is 408 g/mol. The molecular formula is C24H40O5. The molecule has 0 saturated heterocycles. The maximum Gasteiger partial charge on any atom is 0.332 e. The summed E-state index contributed by atoms with van der Waals surface area (Å²) in [6.45, 7) is 6.91. The largest absolute Gasteiger partial charge is 0.479 e. The van der Waals surface area contributed by atoms with Crippen LogP contribution in [-0.4, -0.2) is 44.7 Å². The molecule has 4 rings (SSSR count). The second-order valence-electron chi connectivity index (χ2n) is 11.5. The van der Waals surface area contributed by atoms with Crippen molar-refractivity contribution < 1.29 is 25.2 Å². The van der Waals surface area contributed by atoms with Gasteiger partial charge in [-0.3, -0.25) is 0 Å². The Morgan fingerprint density at radius 2 is 1.66 bits per heavy atom. The van der Waals surface area contributed by atoms with Gasteiger partial charge in [-0.1, -0.05) is 20.8 Å². The van der Waals surface area contributed by atoms with E-state index < -0.39 is 12.1 Å². The van der Waals surface area contributed by atoms with Gasteiger partial charge in [0.05, 0.1) is 12.2 Å². The van der Waals surface area contributed by atoms with Gasteiger partial charge in [-0.2, -0.15) is 0 Å². The number of rotatable bonds is 4. The highest BCUT2D eigenvalue weighted by atomic mass is 16.4. The van der Waals surface area contributed by atoms with Crippen molar-refractivity contribution in [1.29, 1.82) is 0 Å². The number of hydrogen-bond acceptors (Lipinski definition) is 4. The third kappa shape index (κ3) is 3.36. The van der Waals surface area contributed by atoms with Crippen LogP contribution in [-0.2, 0) is 4.79 Å². The van der Waals surface area contributed by atoms with Crippen LogP contribution in [0.25, 0.3) is 0 Å². The maximum atomic E-state index is 11.2. The van der Waals surface area contributed by atoms with Crippen LogP contribution in [0, 0.1) is 46.3 Å². The van der Waals surface area contributed by atoms with Crippen LogP contribution >= 0.6 is 0 Å². The predicted molar refractivity (Wildman–Crippen MR) is 110 cm³/mol. The first-order chi connectivity index (χ1) is 13.6. The number of aliphatic hydroxyl groups is 3. The van der Waals surface area contributed by atoms with E-state index in [4.69, 9.17) is 5.11 Å². The van der Waals surface area contributed by atoms with Crippen LogP contribution in [0.1, 0.15) is 78.6 Å². The lowest BCUT2D eigenvalue weighted by Gasteiger charge is -2.62. The molecule has 0 aromatic carbocycles. The predicted octanol–water partition coefficient (Wildman–Crippen LogP) is 3.45. The molecule has 11 atom stereocenters. The minimum absolute atomic E-state index is 0.122. The fraction of sp³-hybridized carbons (Fsp3) is 0.958. The summed E-state index contributed by atoms with van der Waals surface area (Å²) in [5.74, 6) is 1.22. The van der Waals surface area contributed by atoms with E-state index in [9.17, 15) is 20.1 Å². The van der Waals surface area contributed by atoms with Gasteiger partial charge in [-0.15, -0.1) is 0 Å². The molecule has 4 saturated carbocycles. The van der Waals surface area contributed by atoms with Crippen LogP contribution in [0.5, 0.6) is 0 Å². The molecule has 0 amide bonds. The first-order valence-electron chi connectivity index (χ1n) is 11.8.